The molecule has 7 nitrogen and oxygen atoms in total. The zero-order chi connectivity index (χ0) is 34.1. The van der Waals surface area contributed by atoms with Gasteiger partial charge < -0.3 is 15.5 Å². The molecule has 8 heteroatoms. The molecule has 0 aromatic heterocycles. The fourth-order valence-electron chi connectivity index (χ4n) is 6.34. The third kappa shape index (κ3) is 31.9. The van der Waals surface area contributed by atoms with E-state index in [1.165, 1.54) is 141 Å². The molecule has 0 aromatic carbocycles. The summed E-state index contributed by atoms with van der Waals surface area (Å²) < 4.78 is 32.5. The number of unbranched alkanes of at least 4 members (excludes halogenated alkanes) is 27. The number of hydrogen-bond donors (Lipinski definition) is 4. The van der Waals surface area contributed by atoms with Gasteiger partial charge in [-0.05, 0) is 12.8 Å². The first-order valence-corrected chi connectivity index (χ1v) is 21.4. The Balaban J connectivity index is 3.98. The summed E-state index contributed by atoms with van der Waals surface area (Å²) in [5, 5.41) is 23.5. The molecule has 0 aliphatic rings. The van der Waals surface area contributed by atoms with Gasteiger partial charge in [-0.25, -0.2) is 0 Å². The standard InChI is InChI=1S/C38H77NO6S/c1-3-5-7-9-11-13-15-17-19-21-22-24-26-28-30-32-36(40)35(34-46(43,44)45)39-38(42)37(41)33-31-29-27-25-23-20-18-16-14-12-10-8-6-4-2/h35-37,40-41H,3-34H2,1-2H3,(H,39,42)(H,43,44,45). The van der Waals surface area contributed by atoms with Gasteiger partial charge in [-0.2, -0.15) is 8.42 Å². The molecule has 276 valence electrons. The van der Waals surface area contributed by atoms with Crippen LogP contribution in [-0.4, -0.2) is 53.1 Å². The molecule has 0 aromatic rings. The van der Waals surface area contributed by atoms with Crippen molar-refractivity contribution >= 4 is 16.0 Å². The number of carbonyl (C=O) groups excluding carboxylic acids is 1. The molecule has 0 saturated carbocycles. The molecule has 3 atom stereocenters. The third-order valence-electron chi connectivity index (χ3n) is 9.42. The molecular weight excluding hydrogens is 598 g/mol. The second kappa shape index (κ2) is 32.8. The van der Waals surface area contributed by atoms with E-state index in [0.717, 1.165) is 44.9 Å². The van der Waals surface area contributed by atoms with Crippen molar-refractivity contribution in [2.75, 3.05) is 5.75 Å². The second-order valence-corrected chi connectivity index (χ2v) is 15.6. The van der Waals surface area contributed by atoms with Gasteiger partial charge in [0.05, 0.1) is 17.9 Å². The summed E-state index contributed by atoms with van der Waals surface area (Å²) in [5.41, 5.74) is 0. The van der Waals surface area contributed by atoms with E-state index in [1.807, 2.05) is 0 Å². The lowest BCUT2D eigenvalue weighted by Crippen LogP contribution is -2.50. The Hall–Kier alpha value is -0.700. The first kappa shape index (κ1) is 45.3. The molecular formula is C38H77NO6S. The summed E-state index contributed by atoms with van der Waals surface area (Å²) in [4.78, 5) is 12.6. The number of aliphatic hydroxyl groups is 2. The first-order valence-electron chi connectivity index (χ1n) is 19.8. The summed E-state index contributed by atoms with van der Waals surface area (Å²) in [6.07, 6.45) is 34.0. The van der Waals surface area contributed by atoms with E-state index in [-0.39, 0.29) is 0 Å². The number of aliphatic hydroxyl groups excluding tert-OH is 2. The molecule has 0 aliphatic heterocycles. The van der Waals surface area contributed by atoms with E-state index >= 15 is 0 Å². The van der Waals surface area contributed by atoms with Crippen LogP contribution in [0, 0.1) is 0 Å². The molecule has 4 N–H and O–H groups in total. The largest absolute Gasteiger partial charge is 0.391 e. The number of rotatable bonds is 36. The maximum atomic E-state index is 12.6. The fourth-order valence-corrected chi connectivity index (χ4v) is 7.10. The summed E-state index contributed by atoms with van der Waals surface area (Å²) in [6.45, 7) is 4.50. The minimum Gasteiger partial charge on any atom is -0.391 e. The topological polar surface area (TPSA) is 124 Å². The number of amides is 1. The Morgan fingerprint density at radius 2 is 0.783 bits per heavy atom. The highest BCUT2D eigenvalue weighted by Crippen LogP contribution is 2.16. The lowest BCUT2D eigenvalue weighted by molar-refractivity contribution is -0.131. The average Bonchev–Trinajstić information content (AvgIpc) is 3.01. The molecule has 0 heterocycles. The second-order valence-electron chi connectivity index (χ2n) is 14.1. The Morgan fingerprint density at radius 3 is 1.09 bits per heavy atom. The first-order chi connectivity index (χ1) is 22.2. The van der Waals surface area contributed by atoms with Gasteiger partial charge in [0.1, 0.15) is 6.10 Å². The minimum atomic E-state index is -4.40. The Kier molecular flexibility index (Phi) is 32.3. The number of nitrogens with one attached hydrogen (secondary N) is 1. The van der Waals surface area contributed by atoms with E-state index in [9.17, 15) is 28.0 Å². The Bertz CT molecular complexity index is 762. The zero-order valence-corrected chi connectivity index (χ0v) is 31.2. The van der Waals surface area contributed by atoms with Gasteiger partial charge in [0.25, 0.3) is 10.1 Å². The van der Waals surface area contributed by atoms with Gasteiger partial charge >= 0.3 is 0 Å². The molecule has 0 fully saturated rings. The van der Waals surface area contributed by atoms with E-state index in [1.54, 1.807) is 0 Å². The minimum absolute atomic E-state index is 0.303. The van der Waals surface area contributed by atoms with Gasteiger partial charge in [-0.1, -0.05) is 200 Å². The van der Waals surface area contributed by atoms with Crippen LogP contribution in [-0.2, 0) is 14.9 Å². The van der Waals surface area contributed by atoms with Crippen molar-refractivity contribution in [3.63, 3.8) is 0 Å². The molecule has 0 rings (SSSR count). The Labute approximate surface area is 285 Å². The van der Waals surface area contributed by atoms with Crippen LogP contribution < -0.4 is 5.32 Å². The van der Waals surface area contributed by atoms with Gasteiger partial charge in [0.15, 0.2) is 0 Å². The smallest absolute Gasteiger partial charge is 0.266 e. The van der Waals surface area contributed by atoms with Crippen molar-refractivity contribution in [2.24, 2.45) is 0 Å². The van der Waals surface area contributed by atoms with Crippen LogP contribution in [0.15, 0.2) is 0 Å². The molecule has 0 aliphatic carbocycles. The van der Waals surface area contributed by atoms with E-state index in [0.29, 0.717) is 12.8 Å². The van der Waals surface area contributed by atoms with E-state index in [4.69, 9.17) is 0 Å². The number of carbonyl (C=O) groups is 1. The van der Waals surface area contributed by atoms with Crippen molar-refractivity contribution in [3.05, 3.63) is 0 Å². The molecule has 0 bridgehead atoms. The highest BCUT2D eigenvalue weighted by molar-refractivity contribution is 7.85. The predicted octanol–water partition coefficient (Wildman–Crippen LogP) is 10.2. The van der Waals surface area contributed by atoms with Crippen molar-refractivity contribution < 1.29 is 28.0 Å². The summed E-state index contributed by atoms with van der Waals surface area (Å²) in [7, 11) is -4.40. The monoisotopic (exact) mass is 676 g/mol. The van der Waals surface area contributed by atoms with Crippen molar-refractivity contribution in [3.8, 4) is 0 Å². The summed E-state index contributed by atoms with van der Waals surface area (Å²) >= 11 is 0. The lowest BCUT2D eigenvalue weighted by Gasteiger charge is -2.24. The lowest BCUT2D eigenvalue weighted by atomic mass is 10.0. The number of hydrogen-bond acceptors (Lipinski definition) is 5. The van der Waals surface area contributed by atoms with Crippen molar-refractivity contribution in [2.45, 2.75) is 231 Å². The predicted molar refractivity (Wildman–Crippen MR) is 195 cm³/mol. The molecule has 46 heavy (non-hydrogen) atoms. The van der Waals surface area contributed by atoms with Crippen LogP contribution >= 0.6 is 0 Å². The maximum Gasteiger partial charge on any atom is 0.266 e. The van der Waals surface area contributed by atoms with Crippen molar-refractivity contribution in [1.82, 2.24) is 5.32 Å². The van der Waals surface area contributed by atoms with Crippen LogP contribution in [0.3, 0.4) is 0 Å². The molecule has 0 radical (unpaired) electrons. The van der Waals surface area contributed by atoms with Gasteiger partial charge in [-0.15, -0.1) is 0 Å². The fraction of sp³-hybridized carbons (Fsp3) is 0.974. The summed E-state index contributed by atoms with van der Waals surface area (Å²) in [5.74, 6) is -1.44. The van der Waals surface area contributed by atoms with Crippen LogP contribution in [0.2, 0.25) is 0 Å². The Morgan fingerprint density at radius 1 is 0.500 bits per heavy atom. The van der Waals surface area contributed by atoms with Crippen LogP contribution in [0.5, 0.6) is 0 Å². The molecule has 0 saturated heterocycles. The van der Waals surface area contributed by atoms with Gasteiger partial charge in [-0.3, -0.25) is 9.35 Å². The molecule has 3 unspecified atom stereocenters. The highest BCUT2D eigenvalue weighted by Gasteiger charge is 2.28. The molecule has 1 amide bonds. The van der Waals surface area contributed by atoms with Gasteiger partial charge in [0, 0.05) is 0 Å². The van der Waals surface area contributed by atoms with Crippen molar-refractivity contribution in [1.29, 1.82) is 0 Å². The van der Waals surface area contributed by atoms with E-state index in [2.05, 4.69) is 19.2 Å². The third-order valence-corrected chi connectivity index (χ3v) is 10.2. The van der Waals surface area contributed by atoms with E-state index < -0.39 is 40.0 Å². The quantitative estimate of drug-likeness (QED) is 0.0387. The van der Waals surface area contributed by atoms with Crippen LogP contribution in [0.25, 0.3) is 0 Å². The zero-order valence-electron chi connectivity index (χ0n) is 30.3. The molecule has 0 spiro atoms. The normalized spacial score (nSPS) is 13.9. The highest BCUT2D eigenvalue weighted by atomic mass is 32.2. The van der Waals surface area contributed by atoms with Crippen LogP contribution in [0.1, 0.15) is 213 Å². The maximum absolute atomic E-state index is 12.6. The van der Waals surface area contributed by atoms with Gasteiger partial charge in [0.2, 0.25) is 5.91 Å². The SMILES string of the molecule is CCCCCCCCCCCCCCCCCC(O)C(CS(=O)(=O)O)NC(=O)C(O)CCCCCCCCCCCCCCCC. The average molecular weight is 676 g/mol. The van der Waals surface area contributed by atoms with Crippen LogP contribution in [0.4, 0.5) is 0 Å². The summed E-state index contributed by atoms with van der Waals surface area (Å²) in [6, 6.07) is -1.14.